The van der Waals surface area contributed by atoms with Crippen molar-refractivity contribution in [1.29, 1.82) is 0 Å². The van der Waals surface area contributed by atoms with Crippen LogP contribution in [-0.2, 0) is 29.2 Å². The predicted molar refractivity (Wildman–Crippen MR) is 221 cm³/mol. The fourth-order valence-electron chi connectivity index (χ4n) is 8.26. The lowest BCUT2D eigenvalue weighted by Gasteiger charge is -2.37. The Bertz CT molecular complexity index is 2140. The molecule has 5 heterocycles. The third-order valence-electron chi connectivity index (χ3n) is 11.5. The van der Waals surface area contributed by atoms with E-state index in [2.05, 4.69) is 72.6 Å². The summed E-state index contributed by atoms with van der Waals surface area (Å²) in [6.07, 6.45) is 3.87. The summed E-state index contributed by atoms with van der Waals surface area (Å²) in [7, 11) is 0. The topological polar surface area (TPSA) is 143 Å². The molecule has 4 aromatic rings. The highest BCUT2D eigenvalue weighted by atomic mass is 16.5. The summed E-state index contributed by atoms with van der Waals surface area (Å²) >= 11 is 0. The van der Waals surface area contributed by atoms with E-state index in [9.17, 15) is 19.2 Å². The molecule has 0 atom stereocenters. The number of nitrogens with one attached hydrogen (secondary N) is 3. The summed E-state index contributed by atoms with van der Waals surface area (Å²) in [5.74, 6) is -0.451. The summed E-state index contributed by atoms with van der Waals surface area (Å²) in [5, 5.41) is 5.41. The van der Waals surface area contributed by atoms with Crippen LogP contribution in [0.5, 0.6) is 0 Å². The molecule has 0 unspecified atom stereocenters. The van der Waals surface area contributed by atoms with Gasteiger partial charge in [0.05, 0.1) is 17.6 Å². The van der Waals surface area contributed by atoms with Gasteiger partial charge in [0.15, 0.2) is 0 Å². The van der Waals surface area contributed by atoms with Gasteiger partial charge < -0.3 is 19.9 Å². The third-order valence-corrected chi connectivity index (χ3v) is 11.5. The Morgan fingerprint density at radius 2 is 1.61 bits per heavy atom. The maximum Gasteiger partial charge on any atom is 0.328 e. The monoisotopic (exact) mass is 774 g/mol. The standard InChI is InChI=1S/C44H54N8O5/c1-5-51(36-13-20-57-21-14-36)40-24-34(23-38(31(40)4)42(54)46-26-39-29(2)22-30(3)47-43(39)55)33-8-6-32(7-9-33)27-49-16-18-50(19-17-49)28-35-10-11-37(25-45-35)52-15-12-41(53)48-44(52)56/h6-11,22-25,36H,5,12-21,26-28H2,1-4H3,(H,46,54)(H,47,55)(H,48,53,56). The number of hydrogen-bond acceptors (Lipinski definition) is 9. The molecule has 300 valence electrons. The average molecular weight is 775 g/mol. The lowest BCUT2D eigenvalue weighted by Crippen LogP contribution is -2.49. The number of aromatic nitrogens is 2. The second-order valence-electron chi connectivity index (χ2n) is 15.4. The molecule has 0 radical (unpaired) electrons. The Kier molecular flexibility index (Phi) is 12.5. The van der Waals surface area contributed by atoms with Crippen LogP contribution in [0.1, 0.15) is 70.2 Å². The third kappa shape index (κ3) is 9.44. The van der Waals surface area contributed by atoms with Crippen molar-refractivity contribution in [2.45, 2.75) is 72.6 Å². The first-order chi connectivity index (χ1) is 27.6. The zero-order valence-electron chi connectivity index (χ0n) is 33.5. The van der Waals surface area contributed by atoms with Crippen LogP contribution < -0.4 is 26.0 Å². The van der Waals surface area contributed by atoms with Crippen molar-refractivity contribution in [3.05, 3.63) is 110 Å². The highest BCUT2D eigenvalue weighted by Gasteiger charge is 2.27. The number of piperazine rings is 1. The van der Waals surface area contributed by atoms with Crippen LogP contribution in [0.3, 0.4) is 0 Å². The number of pyridine rings is 2. The van der Waals surface area contributed by atoms with Crippen molar-refractivity contribution in [3.8, 4) is 11.1 Å². The molecule has 13 nitrogen and oxygen atoms in total. The van der Waals surface area contributed by atoms with Gasteiger partial charge in [0.25, 0.3) is 11.5 Å². The Labute approximate surface area is 334 Å². The van der Waals surface area contributed by atoms with E-state index < -0.39 is 6.03 Å². The van der Waals surface area contributed by atoms with E-state index in [4.69, 9.17) is 4.74 Å². The van der Waals surface area contributed by atoms with Gasteiger partial charge in [-0.05, 0) is 98.7 Å². The minimum atomic E-state index is -0.403. The molecule has 7 rings (SSSR count). The number of carbonyl (C=O) groups is 3. The number of rotatable bonds is 12. The predicted octanol–water partition coefficient (Wildman–Crippen LogP) is 5.06. The molecule has 3 aliphatic rings. The van der Waals surface area contributed by atoms with E-state index in [0.29, 0.717) is 29.4 Å². The Balaban J connectivity index is 1.01. The van der Waals surface area contributed by atoms with Gasteiger partial charge in [-0.15, -0.1) is 0 Å². The van der Waals surface area contributed by atoms with Crippen LogP contribution in [-0.4, -0.2) is 96.1 Å². The quantitative estimate of drug-likeness (QED) is 0.180. The summed E-state index contributed by atoms with van der Waals surface area (Å²) < 4.78 is 5.69. The molecule has 2 aromatic carbocycles. The zero-order chi connectivity index (χ0) is 40.1. The Morgan fingerprint density at radius 3 is 2.26 bits per heavy atom. The van der Waals surface area contributed by atoms with E-state index in [-0.39, 0.29) is 30.3 Å². The molecule has 0 saturated carbocycles. The van der Waals surface area contributed by atoms with Crippen LogP contribution >= 0.6 is 0 Å². The van der Waals surface area contributed by atoms with Gasteiger partial charge in [0.2, 0.25) is 5.91 Å². The van der Waals surface area contributed by atoms with Gasteiger partial charge in [0.1, 0.15) is 0 Å². The summed E-state index contributed by atoms with van der Waals surface area (Å²) in [6.45, 7) is 16.0. The van der Waals surface area contributed by atoms with Crippen LogP contribution in [0.4, 0.5) is 16.2 Å². The summed E-state index contributed by atoms with van der Waals surface area (Å²) in [6, 6.07) is 18.6. The number of imide groups is 1. The lowest BCUT2D eigenvalue weighted by molar-refractivity contribution is -0.120. The highest BCUT2D eigenvalue weighted by molar-refractivity contribution is 6.05. The van der Waals surface area contributed by atoms with Gasteiger partial charge >= 0.3 is 6.03 Å². The SMILES string of the molecule is CCN(c1cc(-c2ccc(CN3CCN(Cc4ccc(N5CCC(=O)NC5=O)cn4)CC3)cc2)cc(C(=O)NCc2c(C)cc(C)[nH]c2=O)c1C)C1CCOCC1. The number of nitrogens with zero attached hydrogens (tertiary/aromatic N) is 5. The van der Waals surface area contributed by atoms with Gasteiger partial charge in [0, 0.05) is 107 Å². The Hall–Kier alpha value is -5.37. The molecule has 3 N–H and O–H groups in total. The van der Waals surface area contributed by atoms with Crippen molar-refractivity contribution in [3.63, 3.8) is 0 Å². The van der Waals surface area contributed by atoms with Crippen molar-refractivity contribution < 1.29 is 19.1 Å². The number of anilines is 2. The second-order valence-corrected chi connectivity index (χ2v) is 15.4. The minimum absolute atomic E-state index is 0.147. The van der Waals surface area contributed by atoms with Gasteiger partial charge in [-0.25, -0.2) is 4.79 Å². The van der Waals surface area contributed by atoms with Crippen LogP contribution in [0, 0.1) is 20.8 Å². The molecule has 3 saturated heterocycles. The van der Waals surface area contributed by atoms with Crippen molar-refractivity contribution >= 4 is 29.2 Å². The smallest absolute Gasteiger partial charge is 0.328 e. The fraction of sp³-hybridized carbons (Fsp3) is 0.432. The number of ether oxygens (including phenoxy) is 1. The van der Waals surface area contributed by atoms with Crippen LogP contribution in [0.25, 0.3) is 11.1 Å². The maximum atomic E-state index is 13.9. The van der Waals surface area contributed by atoms with Crippen LogP contribution in [0.2, 0.25) is 0 Å². The van der Waals surface area contributed by atoms with Crippen molar-refractivity contribution in [2.75, 3.05) is 62.3 Å². The molecule has 3 aliphatic heterocycles. The number of aromatic amines is 1. The maximum absolute atomic E-state index is 13.9. The van der Waals surface area contributed by atoms with Crippen molar-refractivity contribution in [1.82, 2.24) is 30.4 Å². The summed E-state index contributed by atoms with van der Waals surface area (Å²) in [5.41, 5.74) is 9.50. The van der Waals surface area contributed by atoms with E-state index in [0.717, 1.165) is 111 Å². The average Bonchev–Trinajstić information content (AvgIpc) is 3.20. The molecule has 13 heteroatoms. The molecule has 3 fully saturated rings. The summed E-state index contributed by atoms with van der Waals surface area (Å²) in [4.78, 5) is 66.7. The van der Waals surface area contributed by atoms with E-state index >= 15 is 0 Å². The van der Waals surface area contributed by atoms with Crippen molar-refractivity contribution in [2.24, 2.45) is 0 Å². The number of aryl methyl sites for hydroxylation is 2. The molecule has 4 amide bonds. The van der Waals surface area contributed by atoms with Crippen LogP contribution in [0.15, 0.2) is 65.6 Å². The first-order valence-corrected chi connectivity index (χ1v) is 20.1. The molecular weight excluding hydrogens is 721 g/mol. The normalized spacial score (nSPS) is 17.1. The number of carbonyl (C=O) groups excluding carboxylic acids is 3. The number of amides is 4. The lowest BCUT2D eigenvalue weighted by atomic mass is 9.94. The fourth-order valence-corrected chi connectivity index (χ4v) is 8.26. The second kappa shape index (κ2) is 17.8. The number of urea groups is 1. The van der Waals surface area contributed by atoms with E-state index in [1.807, 2.05) is 45.0 Å². The Morgan fingerprint density at radius 1 is 0.895 bits per heavy atom. The first-order valence-electron chi connectivity index (χ1n) is 20.1. The van der Waals surface area contributed by atoms with Gasteiger partial charge in [-0.1, -0.05) is 24.3 Å². The minimum Gasteiger partial charge on any atom is -0.381 e. The van der Waals surface area contributed by atoms with E-state index in [1.54, 1.807) is 11.1 Å². The van der Waals surface area contributed by atoms with E-state index in [1.165, 1.54) is 5.56 Å². The van der Waals surface area contributed by atoms with Gasteiger partial charge in [-0.2, -0.15) is 0 Å². The molecule has 0 bridgehead atoms. The largest absolute Gasteiger partial charge is 0.381 e. The zero-order valence-corrected chi connectivity index (χ0v) is 33.5. The molecule has 57 heavy (non-hydrogen) atoms. The number of hydrogen-bond donors (Lipinski definition) is 3. The molecule has 0 aliphatic carbocycles. The highest BCUT2D eigenvalue weighted by Crippen LogP contribution is 2.34. The molecule has 0 spiro atoms. The van der Waals surface area contributed by atoms with Gasteiger partial charge in [-0.3, -0.25) is 39.4 Å². The first kappa shape index (κ1) is 39.8. The molecule has 2 aromatic heterocycles. The number of H-pyrrole nitrogens is 1. The number of benzene rings is 2. The molecular formula is C44H54N8O5.